The molecule has 198 valence electrons. The van der Waals surface area contributed by atoms with Crippen LogP contribution in [0.1, 0.15) is 19.3 Å². The van der Waals surface area contributed by atoms with Gasteiger partial charge in [0.05, 0.1) is 28.9 Å². The van der Waals surface area contributed by atoms with Crippen LogP contribution < -0.4 is 15.3 Å². The summed E-state index contributed by atoms with van der Waals surface area (Å²) in [5, 5.41) is 12.9. The van der Waals surface area contributed by atoms with E-state index >= 15 is 4.39 Å². The fourth-order valence-electron chi connectivity index (χ4n) is 4.08. The molecule has 0 bridgehead atoms. The molecular weight excluding hydrogens is 517 g/mol. The molecule has 2 N–H and O–H groups in total. The predicted octanol–water partition coefficient (Wildman–Crippen LogP) is 2.11. The van der Waals surface area contributed by atoms with Gasteiger partial charge in [0.1, 0.15) is 23.3 Å². The number of aliphatic carboxylic acids is 1. The number of benzene rings is 1. The molecule has 0 aliphatic carbocycles. The molecule has 1 aromatic carbocycles. The summed E-state index contributed by atoms with van der Waals surface area (Å²) in [6.07, 6.45) is 0.332. The molecule has 1 fully saturated rings. The number of pyridine rings is 1. The Balaban J connectivity index is 1.75. The zero-order valence-corrected chi connectivity index (χ0v) is 20.3. The molecule has 0 radical (unpaired) electrons. The number of anilines is 2. The highest BCUT2D eigenvalue weighted by atomic mass is 32.2. The molecule has 3 heterocycles. The van der Waals surface area contributed by atoms with Crippen LogP contribution in [0.5, 0.6) is 0 Å². The molecule has 15 heteroatoms. The molecule has 0 saturated carbocycles. The molecule has 37 heavy (non-hydrogen) atoms. The molecule has 1 aliphatic heterocycles. The second-order valence-electron chi connectivity index (χ2n) is 8.36. The first kappa shape index (κ1) is 26.5. The van der Waals surface area contributed by atoms with E-state index in [0.717, 1.165) is 21.7 Å². The number of hydrazine groups is 1. The van der Waals surface area contributed by atoms with E-state index < -0.39 is 51.9 Å². The van der Waals surface area contributed by atoms with Gasteiger partial charge in [0, 0.05) is 38.1 Å². The van der Waals surface area contributed by atoms with Gasteiger partial charge in [-0.25, -0.2) is 27.6 Å². The van der Waals surface area contributed by atoms with Gasteiger partial charge in [-0.05, 0) is 31.0 Å². The van der Waals surface area contributed by atoms with E-state index in [1.54, 1.807) is 0 Å². The lowest BCUT2D eigenvalue weighted by Gasteiger charge is -2.34. The third-order valence-electron chi connectivity index (χ3n) is 5.85. The zero-order valence-electron chi connectivity index (χ0n) is 19.5. The number of aromatic nitrogens is 3. The average Bonchev–Trinajstić information content (AvgIpc) is 3.27. The third-order valence-corrected chi connectivity index (χ3v) is 6.56. The molecule has 0 spiro atoms. The smallest absolute Gasteiger partial charge is 0.303 e. The second kappa shape index (κ2) is 10.8. The minimum absolute atomic E-state index is 0.00303. The highest BCUT2D eigenvalue weighted by Crippen LogP contribution is 2.34. The van der Waals surface area contributed by atoms with Crippen LogP contribution in [-0.2, 0) is 23.1 Å². The maximum atomic E-state index is 15.7. The molecule has 4 rings (SSSR count). The third kappa shape index (κ3) is 5.42. The largest absolute Gasteiger partial charge is 0.754 e. The SMILES string of the molecule is Cn1c(=O)c(-c2c(F)ccc(N(N3CC[C@@H](F)C3)S(=O)[O-])c2F)cc2cnc(NCCCC(=O)O)nc21. The molecule has 2 atom stereocenters. The summed E-state index contributed by atoms with van der Waals surface area (Å²) in [5.41, 5.74) is -2.35. The van der Waals surface area contributed by atoms with Crippen molar-refractivity contribution in [3.63, 3.8) is 0 Å². The number of aryl methyl sites for hydroxylation is 1. The van der Waals surface area contributed by atoms with Crippen LogP contribution in [-0.4, -0.2) is 65.2 Å². The summed E-state index contributed by atoms with van der Waals surface area (Å²) in [6, 6.07) is 2.94. The van der Waals surface area contributed by atoms with Crippen molar-refractivity contribution in [3.05, 3.63) is 46.4 Å². The number of rotatable bonds is 9. The summed E-state index contributed by atoms with van der Waals surface area (Å²) in [7, 11) is 1.35. The number of nitrogens with one attached hydrogen (secondary N) is 1. The van der Waals surface area contributed by atoms with E-state index in [4.69, 9.17) is 5.11 Å². The van der Waals surface area contributed by atoms with Crippen LogP contribution in [0, 0.1) is 11.6 Å². The van der Waals surface area contributed by atoms with Crippen molar-refractivity contribution in [2.45, 2.75) is 25.4 Å². The van der Waals surface area contributed by atoms with Gasteiger partial charge in [-0.3, -0.25) is 18.4 Å². The first-order valence-corrected chi connectivity index (χ1v) is 12.2. The lowest BCUT2D eigenvalue weighted by Crippen LogP contribution is -2.43. The predicted molar refractivity (Wildman–Crippen MR) is 128 cm³/mol. The molecule has 2 aromatic heterocycles. The van der Waals surface area contributed by atoms with E-state index in [2.05, 4.69) is 15.3 Å². The van der Waals surface area contributed by atoms with Gasteiger partial charge in [0.15, 0.2) is 5.82 Å². The van der Waals surface area contributed by atoms with Gasteiger partial charge in [-0.2, -0.15) is 4.98 Å². The van der Waals surface area contributed by atoms with Crippen LogP contribution in [0.4, 0.5) is 24.8 Å². The van der Waals surface area contributed by atoms with Gasteiger partial charge in [-0.1, -0.05) is 0 Å². The van der Waals surface area contributed by atoms with Gasteiger partial charge < -0.3 is 15.0 Å². The standard InChI is InChI=1S/C22H23F3N6O5S/c1-29-20-12(10-27-22(28-20)26-7-2-3-17(32)33)9-14(21(29)34)18-15(24)4-5-16(19(18)25)31(37(35)36)30-8-6-13(23)11-30/h4-5,9-10,13H,2-3,6-8,11H2,1H3,(H,32,33)(H,35,36)(H,26,27,28)/p-1/t13-/m1/s1. The van der Waals surface area contributed by atoms with E-state index in [-0.39, 0.29) is 55.0 Å². The quantitative estimate of drug-likeness (QED) is 0.309. The van der Waals surface area contributed by atoms with Crippen molar-refractivity contribution in [1.82, 2.24) is 19.5 Å². The van der Waals surface area contributed by atoms with Crippen molar-refractivity contribution in [2.75, 3.05) is 29.4 Å². The van der Waals surface area contributed by atoms with E-state index in [9.17, 15) is 27.1 Å². The molecule has 1 saturated heterocycles. The Hall–Kier alpha value is -3.56. The second-order valence-corrected chi connectivity index (χ2v) is 9.14. The minimum Gasteiger partial charge on any atom is -0.754 e. The Labute approximate surface area is 210 Å². The van der Waals surface area contributed by atoms with Crippen molar-refractivity contribution in [2.24, 2.45) is 7.05 Å². The Morgan fingerprint density at radius 2 is 2.14 bits per heavy atom. The number of carboxylic acid groups (broad SMARTS) is 1. The van der Waals surface area contributed by atoms with Crippen LogP contribution in [0.3, 0.4) is 0 Å². The molecule has 1 aliphatic rings. The monoisotopic (exact) mass is 539 g/mol. The first-order valence-electron chi connectivity index (χ1n) is 11.2. The lowest BCUT2D eigenvalue weighted by atomic mass is 10.0. The lowest BCUT2D eigenvalue weighted by molar-refractivity contribution is -0.137. The number of halogens is 3. The summed E-state index contributed by atoms with van der Waals surface area (Å²) in [4.78, 5) is 32.1. The number of hydrogen-bond acceptors (Lipinski definition) is 8. The van der Waals surface area contributed by atoms with Gasteiger partial charge in [-0.15, -0.1) is 0 Å². The van der Waals surface area contributed by atoms with Crippen LogP contribution in [0.2, 0.25) is 0 Å². The van der Waals surface area contributed by atoms with Gasteiger partial charge in [0.2, 0.25) is 5.95 Å². The first-order chi connectivity index (χ1) is 17.6. The fraction of sp³-hybridized carbons (Fsp3) is 0.364. The van der Waals surface area contributed by atoms with Crippen molar-refractivity contribution in [3.8, 4) is 11.1 Å². The normalized spacial score (nSPS) is 16.7. The molecule has 0 amide bonds. The van der Waals surface area contributed by atoms with E-state index in [1.165, 1.54) is 19.3 Å². The van der Waals surface area contributed by atoms with Crippen molar-refractivity contribution >= 4 is 39.9 Å². The number of hydrogen-bond donors (Lipinski definition) is 2. The zero-order chi connectivity index (χ0) is 26.9. The summed E-state index contributed by atoms with van der Waals surface area (Å²) in [6.45, 7) is -0.0181. The summed E-state index contributed by atoms with van der Waals surface area (Å²) in [5.74, 6) is -3.22. The average molecular weight is 540 g/mol. The molecule has 3 aromatic rings. The van der Waals surface area contributed by atoms with Crippen LogP contribution in [0.25, 0.3) is 22.2 Å². The number of carbonyl (C=O) groups is 1. The maximum Gasteiger partial charge on any atom is 0.303 e. The Kier molecular flexibility index (Phi) is 7.75. The van der Waals surface area contributed by atoms with Crippen LogP contribution in [0.15, 0.2) is 29.2 Å². The Bertz CT molecular complexity index is 1440. The number of alkyl halides is 1. The molecular formula is C22H22F3N6O5S-. The Morgan fingerprint density at radius 1 is 1.38 bits per heavy atom. The van der Waals surface area contributed by atoms with Crippen LogP contribution >= 0.6 is 0 Å². The molecule has 11 nitrogen and oxygen atoms in total. The van der Waals surface area contributed by atoms with E-state index in [0.29, 0.717) is 10.8 Å². The van der Waals surface area contributed by atoms with E-state index in [1.807, 2.05) is 0 Å². The van der Waals surface area contributed by atoms with Crippen molar-refractivity contribution < 1.29 is 31.8 Å². The number of fused-ring (bicyclic) bond motifs is 1. The highest BCUT2D eigenvalue weighted by molar-refractivity contribution is 7.80. The van der Waals surface area contributed by atoms with Crippen molar-refractivity contribution in [1.29, 1.82) is 0 Å². The van der Waals surface area contributed by atoms with Gasteiger partial charge in [0.25, 0.3) is 5.56 Å². The highest BCUT2D eigenvalue weighted by Gasteiger charge is 2.31. The summed E-state index contributed by atoms with van der Waals surface area (Å²) < 4.78 is 69.7. The van der Waals surface area contributed by atoms with Gasteiger partial charge >= 0.3 is 5.97 Å². The summed E-state index contributed by atoms with van der Waals surface area (Å²) >= 11 is -3.04. The minimum atomic E-state index is -3.04. The number of nitrogens with zero attached hydrogens (tertiary/aromatic N) is 5. The number of carboxylic acids is 1. The fourth-order valence-corrected chi connectivity index (χ4v) is 4.72. The maximum absolute atomic E-state index is 15.7. The topological polar surface area (TPSA) is 144 Å². The Morgan fingerprint density at radius 3 is 2.78 bits per heavy atom. The molecule has 1 unspecified atom stereocenters.